The van der Waals surface area contributed by atoms with Gasteiger partial charge in [0.2, 0.25) is 5.91 Å². The van der Waals surface area contributed by atoms with Crippen LogP contribution in [-0.2, 0) is 4.79 Å². The minimum atomic E-state index is -0.327. The molecule has 1 heterocycles. The highest BCUT2D eigenvalue weighted by molar-refractivity contribution is 8.00. The van der Waals surface area contributed by atoms with Gasteiger partial charge in [0.05, 0.1) is 10.9 Å². The van der Waals surface area contributed by atoms with E-state index in [0.717, 1.165) is 16.9 Å². The molecule has 0 spiro atoms. The number of hydrogen-bond acceptors (Lipinski definition) is 4. The summed E-state index contributed by atoms with van der Waals surface area (Å²) in [6.45, 7) is 9.97. The van der Waals surface area contributed by atoms with E-state index < -0.39 is 0 Å². The van der Waals surface area contributed by atoms with Crippen LogP contribution < -0.4 is 10.9 Å². The van der Waals surface area contributed by atoms with Crippen LogP contribution in [0.5, 0.6) is 0 Å². The molecule has 134 valence electrons. The molecule has 0 fully saturated rings. The number of benzene rings is 1. The molecule has 0 aliphatic heterocycles. The first-order valence-corrected chi connectivity index (χ1v) is 9.34. The fraction of sp³-hybridized carbons (Fsp3) is 0.421. The fourth-order valence-electron chi connectivity index (χ4n) is 2.30. The number of aromatic amines is 1. The van der Waals surface area contributed by atoms with Crippen LogP contribution in [0, 0.1) is 13.8 Å². The van der Waals surface area contributed by atoms with Crippen LogP contribution in [0.4, 0.5) is 5.69 Å². The van der Waals surface area contributed by atoms with Crippen molar-refractivity contribution in [3.05, 3.63) is 51.4 Å². The van der Waals surface area contributed by atoms with E-state index in [-0.39, 0.29) is 22.6 Å². The third-order valence-corrected chi connectivity index (χ3v) is 5.27. The van der Waals surface area contributed by atoms with Crippen molar-refractivity contribution >= 4 is 23.4 Å². The van der Waals surface area contributed by atoms with Gasteiger partial charge in [-0.15, -0.1) is 0 Å². The summed E-state index contributed by atoms with van der Waals surface area (Å²) in [5, 5.41) is 3.11. The predicted molar refractivity (Wildman–Crippen MR) is 103 cm³/mol. The van der Waals surface area contributed by atoms with Crippen molar-refractivity contribution in [3.8, 4) is 0 Å². The number of amides is 1. The normalized spacial score (nSPS) is 12.2. The number of carbonyl (C=O) groups excluding carboxylic acids is 1. The molecule has 0 aliphatic carbocycles. The average Bonchev–Trinajstić information content (AvgIpc) is 2.55. The molecule has 0 saturated carbocycles. The van der Waals surface area contributed by atoms with Gasteiger partial charge >= 0.3 is 0 Å². The number of carbonyl (C=O) groups is 1. The van der Waals surface area contributed by atoms with Gasteiger partial charge in [-0.2, -0.15) is 0 Å². The molecule has 25 heavy (non-hydrogen) atoms. The predicted octanol–water partition coefficient (Wildman–Crippen LogP) is 4.02. The molecule has 1 aromatic carbocycles. The first-order valence-electron chi connectivity index (χ1n) is 8.46. The van der Waals surface area contributed by atoms with Crippen molar-refractivity contribution < 1.29 is 4.79 Å². The van der Waals surface area contributed by atoms with Gasteiger partial charge in [-0.05, 0) is 49.4 Å². The summed E-state index contributed by atoms with van der Waals surface area (Å²) in [6.07, 6.45) is 0.636. The van der Waals surface area contributed by atoms with Crippen LogP contribution in [0.3, 0.4) is 0 Å². The van der Waals surface area contributed by atoms with Crippen LogP contribution >= 0.6 is 11.8 Å². The maximum atomic E-state index is 12.6. The van der Waals surface area contributed by atoms with Crippen molar-refractivity contribution in [1.82, 2.24) is 9.97 Å². The molecule has 0 radical (unpaired) electrons. The standard InChI is InChI=1S/C19H25N3O2S/c1-6-16(18(24)20-14-8-7-12(4)13(5)9-14)25-19-21-15(11(2)3)10-17(23)22-19/h7-11,16H,6H2,1-5H3,(H,20,24)(H,21,22,23). The maximum absolute atomic E-state index is 12.6. The molecule has 1 aromatic heterocycles. The van der Waals surface area contributed by atoms with E-state index in [4.69, 9.17) is 0 Å². The monoisotopic (exact) mass is 359 g/mol. The third kappa shape index (κ3) is 5.19. The Bertz CT molecular complexity index is 815. The first kappa shape index (κ1) is 19.2. The number of rotatable bonds is 6. The third-order valence-electron chi connectivity index (χ3n) is 4.02. The topological polar surface area (TPSA) is 74.8 Å². The molecular weight excluding hydrogens is 334 g/mol. The van der Waals surface area contributed by atoms with E-state index >= 15 is 0 Å². The molecule has 1 amide bonds. The maximum Gasteiger partial charge on any atom is 0.251 e. The first-order chi connectivity index (χ1) is 11.8. The summed E-state index contributed by atoms with van der Waals surface area (Å²) < 4.78 is 0. The highest BCUT2D eigenvalue weighted by atomic mass is 32.2. The van der Waals surface area contributed by atoms with Gasteiger partial charge in [0.25, 0.3) is 5.56 Å². The summed E-state index contributed by atoms with van der Waals surface area (Å²) in [4.78, 5) is 31.6. The smallest absolute Gasteiger partial charge is 0.251 e. The Balaban J connectivity index is 2.15. The average molecular weight is 359 g/mol. The van der Waals surface area contributed by atoms with E-state index in [1.807, 2.05) is 52.8 Å². The van der Waals surface area contributed by atoms with Gasteiger partial charge in [-0.25, -0.2) is 4.98 Å². The fourth-order valence-corrected chi connectivity index (χ4v) is 3.22. The summed E-state index contributed by atoms with van der Waals surface area (Å²) >= 11 is 1.29. The highest BCUT2D eigenvalue weighted by Gasteiger charge is 2.20. The summed E-state index contributed by atoms with van der Waals surface area (Å²) in [5.41, 5.74) is 3.65. The molecule has 6 heteroatoms. The van der Waals surface area contributed by atoms with Gasteiger partial charge in [-0.3, -0.25) is 9.59 Å². The van der Waals surface area contributed by atoms with Gasteiger partial charge in [0, 0.05) is 11.8 Å². The van der Waals surface area contributed by atoms with Gasteiger partial charge in [0.1, 0.15) is 0 Å². The number of aromatic nitrogens is 2. The largest absolute Gasteiger partial charge is 0.325 e. The number of aryl methyl sites for hydroxylation is 2. The van der Waals surface area contributed by atoms with Gasteiger partial charge < -0.3 is 10.3 Å². The highest BCUT2D eigenvalue weighted by Crippen LogP contribution is 2.24. The number of nitrogens with zero attached hydrogens (tertiary/aromatic N) is 1. The van der Waals surface area contributed by atoms with E-state index in [2.05, 4.69) is 15.3 Å². The number of H-pyrrole nitrogens is 1. The Hall–Kier alpha value is -2.08. The summed E-state index contributed by atoms with van der Waals surface area (Å²) in [6, 6.07) is 7.36. The zero-order chi connectivity index (χ0) is 18.6. The van der Waals surface area contributed by atoms with Crippen LogP contribution in [-0.4, -0.2) is 21.1 Å². The van der Waals surface area contributed by atoms with Crippen LogP contribution in [0.25, 0.3) is 0 Å². The van der Waals surface area contributed by atoms with Crippen molar-refractivity contribution in [2.45, 2.75) is 57.4 Å². The molecule has 0 aliphatic rings. The second-order valence-corrected chi connectivity index (χ2v) is 7.62. The number of anilines is 1. The zero-order valence-corrected chi connectivity index (χ0v) is 16.2. The zero-order valence-electron chi connectivity index (χ0n) is 15.3. The van der Waals surface area contributed by atoms with Gasteiger partial charge in [-0.1, -0.05) is 38.6 Å². The summed E-state index contributed by atoms with van der Waals surface area (Å²) in [5.74, 6) is 0.0689. The Morgan fingerprint density at radius 3 is 2.56 bits per heavy atom. The number of nitrogens with one attached hydrogen (secondary N) is 2. The minimum Gasteiger partial charge on any atom is -0.325 e. The second kappa shape index (κ2) is 8.34. The Kier molecular flexibility index (Phi) is 6.42. The molecule has 0 bridgehead atoms. The van der Waals surface area contributed by atoms with E-state index in [1.165, 1.54) is 23.4 Å². The molecule has 5 nitrogen and oxygen atoms in total. The molecule has 2 N–H and O–H groups in total. The molecule has 0 saturated heterocycles. The Morgan fingerprint density at radius 2 is 1.96 bits per heavy atom. The van der Waals surface area contributed by atoms with E-state index in [1.54, 1.807) is 0 Å². The van der Waals surface area contributed by atoms with Crippen molar-refractivity contribution in [1.29, 1.82) is 0 Å². The lowest BCUT2D eigenvalue weighted by molar-refractivity contribution is -0.115. The minimum absolute atomic E-state index is 0.0895. The molecule has 1 atom stereocenters. The van der Waals surface area contributed by atoms with Crippen molar-refractivity contribution in [2.24, 2.45) is 0 Å². The Labute approximate surface area is 152 Å². The van der Waals surface area contributed by atoms with Crippen molar-refractivity contribution in [2.75, 3.05) is 5.32 Å². The second-order valence-electron chi connectivity index (χ2n) is 6.43. The SMILES string of the molecule is CCC(Sc1nc(C(C)C)cc(=O)[nH]1)C(=O)Nc1ccc(C)c(C)c1. The van der Waals surface area contributed by atoms with Crippen LogP contribution in [0.1, 0.15) is 49.9 Å². The lowest BCUT2D eigenvalue weighted by Crippen LogP contribution is -2.25. The van der Waals surface area contributed by atoms with E-state index in [9.17, 15) is 9.59 Å². The number of thioether (sulfide) groups is 1. The summed E-state index contributed by atoms with van der Waals surface area (Å²) in [7, 11) is 0. The van der Waals surface area contributed by atoms with Crippen LogP contribution in [0.15, 0.2) is 34.2 Å². The lowest BCUT2D eigenvalue weighted by Gasteiger charge is -2.15. The van der Waals surface area contributed by atoms with Gasteiger partial charge in [0.15, 0.2) is 5.16 Å². The van der Waals surface area contributed by atoms with Crippen molar-refractivity contribution in [3.63, 3.8) is 0 Å². The molecule has 2 aromatic rings. The number of hydrogen-bond donors (Lipinski definition) is 2. The lowest BCUT2D eigenvalue weighted by atomic mass is 10.1. The van der Waals surface area contributed by atoms with Crippen LogP contribution in [0.2, 0.25) is 0 Å². The molecule has 2 rings (SSSR count). The quantitative estimate of drug-likeness (QED) is 0.603. The molecular formula is C19H25N3O2S. The van der Waals surface area contributed by atoms with E-state index in [0.29, 0.717) is 11.6 Å². The molecule has 1 unspecified atom stereocenters. The Morgan fingerprint density at radius 1 is 1.24 bits per heavy atom.